The molecule has 1 aromatic rings. The molecule has 0 bridgehead atoms. The van der Waals surface area contributed by atoms with Gasteiger partial charge in [-0.3, -0.25) is 0 Å². The molecule has 3 heteroatoms. The Balaban J connectivity index is 3.08. The number of hydrogen-bond acceptors (Lipinski definition) is 1. The molecule has 0 saturated heterocycles. The van der Waals surface area contributed by atoms with E-state index >= 15 is 0 Å². The summed E-state index contributed by atoms with van der Waals surface area (Å²) in [5, 5.41) is 2.10. The molecule has 0 N–H and O–H groups in total. The number of rotatable bonds is 3. The third kappa shape index (κ3) is 3.58. The molecule has 0 unspecified atom stereocenters. The summed E-state index contributed by atoms with van der Waals surface area (Å²) in [6.45, 7) is 8.51. The Bertz CT molecular complexity index is 322. The first-order chi connectivity index (χ1) is 6.91. The van der Waals surface area contributed by atoms with Gasteiger partial charge in [0.05, 0.1) is 0 Å². The van der Waals surface area contributed by atoms with E-state index in [4.69, 9.17) is 23.2 Å². The van der Waals surface area contributed by atoms with E-state index in [0.29, 0.717) is 11.2 Å². The lowest BCUT2D eigenvalue weighted by atomic mass is 10.0. The van der Waals surface area contributed by atoms with Gasteiger partial charge >= 0.3 is 0 Å². The van der Waals surface area contributed by atoms with Crippen LogP contribution in [0.2, 0.25) is 10.0 Å². The van der Waals surface area contributed by atoms with Crippen molar-refractivity contribution in [2.75, 3.05) is 0 Å². The van der Waals surface area contributed by atoms with Crippen LogP contribution in [-0.2, 0) is 0 Å². The van der Waals surface area contributed by atoms with Crippen LogP contribution in [0.15, 0.2) is 17.0 Å². The molecule has 1 aromatic carbocycles. The van der Waals surface area contributed by atoms with E-state index < -0.39 is 0 Å². The maximum Gasteiger partial charge on any atom is 0.0466 e. The normalized spacial score (nSPS) is 11.5. The summed E-state index contributed by atoms with van der Waals surface area (Å²) in [6.07, 6.45) is 0. The molecule has 0 fully saturated rings. The van der Waals surface area contributed by atoms with Gasteiger partial charge in [0.25, 0.3) is 0 Å². The third-order valence-electron chi connectivity index (χ3n) is 2.00. The average Bonchev–Trinajstić information content (AvgIpc) is 1.99. The van der Waals surface area contributed by atoms with Crippen LogP contribution in [0.25, 0.3) is 0 Å². The molecule has 0 aromatic heterocycles. The molecule has 1 rings (SSSR count). The van der Waals surface area contributed by atoms with Crippen LogP contribution >= 0.6 is 35.0 Å². The molecule has 0 heterocycles. The van der Waals surface area contributed by atoms with Crippen molar-refractivity contribution in [1.29, 1.82) is 0 Å². The molecule has 0 atom stereocenters. The Kier molecular flexibility index (Phi) is 4.82. The van der Waals surface area contributed by atoms with Gasteiger partial charge in [-0.1, -0.05) is 50.9 Å². The van der Waals surface area contributed by atoms with Crippen molar-refractivity contribution in [1.82, 2.24) is 0 Å². The zero-order chi connectivity index (χ0) is 11.6. The lowest BCUT2D eigenvalue weighted by Gasteiger charge is -2.13. The van der Waals surface area contributed by atoms with E-state index in [1.54, 1.807) is 11.8 Å². The number of thioether (sulfide) groups is 1. The quantitative estimate of drug-likeness (QED) is 0.638. The van der Waals surface area contributed by atoms with E-state index in [1.807, 2.05) is 12.1 Å². The molecule has 0 aliphatic rings. The highest BCUT2D eigenvalue weighted by Crippen LogP contribution is 2.36. The Hall–Kier alpha value is 0.150. The summed E-state index contributed by atoms with van der Waals surface area (Å²) < 4.78 is 0. The van der Waals surface area contributed by atoms with Gasteiger partial charge in [0.2, 0.25) is 0 Å². The summed E-state index contributed by atoms with van der Waals surface area (Å²) in [6, 6.07) is 4.01. The summed E-state index contributed by atoms with van der Waals surface area (Å²) >= 11 is 14.2. The SMILES string of the molecule is CC(C)Sc1cc(Cl)c(C(C)C)c(Cl)c1. The highest BCUT2D eigenvalue weighted by molar-refractivity contribution is 7.99. The fourth-order valence-corrected chi connectivity index (χ4v) is 3.42. The molecule has 0 radical (unpaired) electrons. The molecule has 0 aliphatic heterocycles. The van der Waals surface area contributed by atoms with Crippen molar-refractivity contribution >= 4 is 35.0 Å². The summed E-state index contributed by atoms with van der Waals surface area (Å²) in [5.74, 6) is 0.364. The smallest absolute Gasteiger partial charge is 0.0466 e. The van der Waals surface area contributed by atoms with E-state index in [9.17, 15) is 0 Å². The minimum absolute atomic E-state index is 0.364. The Labute approximate surface area is 106 Å². The number of halogens is 2. The number of benzene rings is 1. The van der Waals surface area contributed by atoms with E-state index in [0.717, 1.165) is 20.5 Å². The molecule has 84 valence electrons. The fraction of sp³-hybridized carbons (Fsp3) is 0.500. The Morgan fingerprint density at radius 3 is 1.80 bits per heavy atom. The summed E-state index contributed by atoms with van der Waals surface area (Å²) in [7, 11) is 0. The van der Waals surface area contributed by atoms with Gasteiger partial charge in [-0.25, -0.2) is 0 Å². The Morgan fingerprint density at radius 1 is 1.00 bits per heavy atom. The van der Waals surface area contributed by atoms with Crippen LogP contribution in [0.3, 0.4) is 0 Å². The van der Waals surface area contributed by atoms with Crippen LogP contribution in [0, 0.1) is 0 Å². The van der Waals surface area contributed by atoms with Gasteiger partial charge in [-0.05, 0) is 23.6 Å². The van der Waals surface area contributed by atoms with Crippen molar-refractivity contribution in [3.05, 3.63) is 27.7 Å². The van der Waals surface area contributed by atoms with Crippen molar-refractivity contribution in [3.63, 3.8) is 0 Å². The van der Waals surface area contributed by atoms with E-state index in [-0.39, 0.29) is 0 Å². The second-order valence-corrected chi connectivity index (χ2v) is 6.59. The molecule has 15 heavy (non-hydrogen) atoms. The summed E-state index contributed by atoms with van der Waals surface area (Å²) in [4.78, 5) is 1.14. The van der Waals surface area contributed by atoms with Gasteiger partial charge < -0.3 is 0 Å². The van der Waals surface area contributed by atoms with Crippen LogP contribution in [0.5, 0.6) is 0 Å². The van der Waals surface area contributed by atoms with Gasteiger partial charge in [0, 0.05) is 20.2 Å². The van der Waals surface area contributed by atoms with Crippen molar-refractivity contribution in [3.8, 4) is 0 Å². The van der Waals surface area contributed by atoms with E-state index in [1.165, 1.54) is 0 Å². The van der Waals surface area contributed by atoms with E-state index in [2.05, 4.69) is 27.7 Å². The Morgan fingerprint density at radius 2 is 1.47 bits per heavy atom. The van der Waals surface area contributed by atoms with Crippen LogP contribution in [0.4, 0.5) is 0 Å². The van der Waals surface area contributed by atoms with Crippen LogP contribution in [0.1, 0.15) is 39.2 Å². The first-order valence-electron chi connectivity index (χ1n) is 5.07. The molecule has 0 amide bonds. The summed E-state index contributed by atoms with van der Waals surface area (Å²) in [5.41, 5.74) is 1.05. The third-order valence-corrected chi connectivity index (χ3v) is 3.61. The minimum atomic E-state index is 0.364. The molecule has 0 nitrogen and oxygen atoms in total. The second-order valence-electron chi connectivity index (χ2n) is 4.12. The predicted octanol–water partition coefficient (Wildman–Crippen LogP) is 5.62. The maximum absolute atomic E-state index is 6.22. The molecule has 0 saturated carbocycles. The van der Waals surface area contributed by atoms with Gasteiger partial charge in [0.15, 0.2) is 0 Å². The largest absolute Gasteiger partial charge is 0.123 e. The molecular formula is C12H16Cl2S. The topological polar surface area (TPSA) is 0 Å². The molecular weight excluding hydrogens is 247 g/mol. The number of hydrogen-bond donors (Lipinski definition) is 0. The maximum atomic E-state index is 6.22. The van der Waals surface area contributed by atoms with Crippen molar-refractivity contribution < 1.29 is 0 Å². The van der Waals surface area contributed by atoms with Gasteiger partial charge in [-0.15, -0.1) is 11.8 Å². The van der Waals surface area contributed by atoms with Gasteiger partial charge in [-0.2, -0.15) is 0 Å². The lowest BCUT2D eigenvalue weighted by Crippen LogP contribution is -1.93. The van der Waals surface area contributed by atoms with Crippen LogP contribution in [-0.4, -0.2) is 5.25 Å². The average molecular weight is 263 g/mol. The predicted molar refractivity (Wildman–Crippen MR) is 71.5 cm³/mol. The standard InChI is InChI=1S/C12H16Cl2S/c1-7(2)12-10(13)5-9(6-11(12)14)15-8(3)4/h5-8H,1-4H3. The molecule has 0 spiro atoms. The zero-order valence-corrected chi connectivity index (χ0v) is 11.8. The first-order valence-corrected chi connectivity index (χ1v) is 6.71. The first kappa shape index (κ1) is 13.2. The highest BCUT2D eigenvalue weighted by atomic mass is 35.5. The van der Waals surface area contributed by atoms with Crippen LogP contribution < -0.4 is 0 Å². The lowest BCUT2D eigenvalue weighted by molar-refractivity contribution is 0.865. The van der Waals surface area contributed by atoms with Crippen molar-refractivity contribution in [2.24, 2.45) is 0 Å². The van der Waals surface area contributed by atoms with Crippen molar-refractivity contribution in [2.45, 2.75) is 43.8 Å². The second kappa shape index (κ2) is 5.47. The monoisotopic (exact) mass is 262 g/mol. The molecule has 0 aliphatic carbocycles. The fourth-order valence-electron chi connectivity index (χ4n) is 1.45. The zero-order valence-electron chi connectivity index (χ0n) is 9.47. The minimum Gasteiger partial charge on any atom is -0.123 e. The van der Waals surface area contributed by atoms with Gasteiger partial charge in [0.1, 0.15) is 0 Å². The highest BCUT2D eigenvalue weighted by Gasteiger charge is 2.12.